The van der Waals surface area contributed by atoms with Gasteiger partial charge in [-0.25, -0.2) is 9.69 Å². The van der Waals surface area contributed by atoms with E-state index in [1.54, 1.807) is 0 Å². The van der Waals surface area contributed by atoms with E-state index in [4.69, 9.17) is 9.16 Å². The second-order valence-electron chi connectivity index (χ2n) is 9.82. The number of hydrogen-bond donors (Lipinski definition) is 0. The van der Waals surface area contributed by atoms with E-state index in [2.05, 4.69) is 33.9 Å². The third kappa shape index (κ3) is 4.84. The molecule has 1 aromatic carbocycles. The summed E-state index contributed by atoms with van der Waals surface area (Å²) < 4.78 is 11.8. The molecule has 0 bridgehead atoms. The number of hydrogen-bond acceptors (Lipinski definition) is 4. The van der Waals surface area contributed by atoms with Gasteiger partial charge in [0.15, 0.2) is 8.32 Å². The second-order valence-corrected chi connectivity index (χ2v) is 14.5. The van der Waals surface area contributed by atoms with Gasteiger partial charge in [-0.1, -0.05) is 58.0 Å². The zero-order chi connectivity index (χ0) is 21.3. The third-order valence-corrected chi connectivity index (χ3v) is 10.9. The number of rotatable bonds is 6. The Morgan fingerprint density at radius 3 is 2.32 bits per heavy atom. The highest BCUT2D eigenvalue weighted by Crippen LogP contribution is 2.41. The summed E-state index contributed by atoms with van der Waals surface area (Å²) in [7, 11) is -2.07. The first-order chi connectivity index (χ1) is 12.8. The third-order valence-electron chi connectivity index (χ3n) is 6.25. The minimum absolute atomic E-state index is 0.0372. The molecule has 0 aliphatic carbocycles. The lowest BCUT2D eigenvalue weighted by atomic mass is 9.91. The molecule has 0 aromatic heterocycles. The van der Waals surface area contributed by atoms with Crippen LogP contribution in [-0.4, -0.2) is 43.5 Å². The maximum Gasteiger partial charge on any atom is 0.416 e. The predicted molar refractivity (Wildman–Crippen MR) is 114 cm³/mol. The van der Waals surface area contributed by atoms with Gasteiger partial charge in [0.1, 0.15) is 6.61 Å². The quantitative estimate of drug-likeness (QED) is 0.624. The summed E-state index contributed by atoms with van der Waals surface area (Å²) in [5, 5.41) is 0.0372. The molecule has 0 spiro atoms. The fraction of sp³-hybridized carbons (Fsp3) is 0.636. The topological polar surface area (TPSA) is 55.8 Å². The summed E-state index contributed by atoms with van der Waals surface area (Å²) in [6, 6.07) is 9.58. The van der Waals surface area contributed by atoms with Gasteiger partial charge in [-0.2, -0.15) is 0 Å². The minimum Gasteiger partial charge on any atom is -0.447 e. The van der Waals surface area contributed by atoms with Crippen LogP contribution < -0.4 is 0 Å². The van der Waals surface area contributed by atoms with Crippen LogP contribution in [0.25, 0.3) is 0 Å². The van der Waals surface area contributed by atoms with Gasteiger partial charge in [0.05, 0.1) is 17.6 Å². The molecule has 0 saturated carbocycles. The summed E-state index contributed by atoms with van der Waals surface area (Å²) in [5.41, 5.74) is 0.397. The molecule has 1 aliphatic rings. The molecular formula is C22H35NO4Si. The van der Waals surface area contributed by atoms with Crippen molar-refractivity contribution in [1.29, 1.82) is 0 Å². The highest BCUT2D eigenvalue weighted by atomic mass is 28.4. The largest absolute Gasteiger partial charge is 0.447 e. The van der Waals surface area contributed by atoms with Crippen LogP contribution in [0.2, 0.25) is 18.1 Å². The maximum atomic E-state index is 13.3. The molecule has 1 aromatic rings. The van der Waals surface area contributed by atoms with Crippen molar-refractivity contribution in [2.24, 2.45) is 5.92 Å². The Morgan fingerprint density at radius 1 is 1.21 bits per heavy atom. The first-order valence-corrected chi connectivity index (χ1v) is 12.9. The van der Waals surface area contributed by atoms with Crippen molar-refractivity contribution in [2.45, 2.75) is 77.7 Å². The summed E-state index contributed by atoms with van der Waals surface area (Å²) in [6.07, 6.45) is 0.0371. The predicted octanol–water partition coefficient (Wildman–Crippen LogP) is 5.01. The lowest BCUT2D eigenvalue weighted by Gasteiger charge is -2.45. The van der Waals surface area contributed by atoms with Crippen molar-refractivity contribution in [1.82, 2.24) is 4.90 Å². The minimum atomic E-state index is -2.07. The molecule has 2 unspecified atom stereocenters. The zero-order valence-corrected chi connectivity index (χ0v) is 19.5. The molecule has 2 rings (SSSR count). The van der Waals surface area contributed by atoms with E-state index in [1.807, 2.05) is 51.1 Å². The molecular weight excluding hydrogens is 370 g/mol. The van der Waals surface area contributed by atoms with Crippen LogP contribution >= 0.6 is 0 Å². The van der Waals surface area contributed by atoms with Crippen LogP contribution in [0.1, 0.15) is 47.1 Å². The fourth-order valence-electron chi connectivity index (χ4n) is 3.17. The lowest BCUT2D eigenvalue weighted by molar-refractivity contribution is -0.139. The van der Waals surface area contributed by atoms with E-state index in [1.165, 1.54) is 4.90 Å². The van der Waals surface area contributed by atoms with Crippen LogP contribution in [0.15, 0.2) is 30.3 Å². The molecule has 5 nitrogen and oxygen atoms in total. The van der Waals surface area contributed by atoms with Crippen molar-refractivity contribution < 1.29 is 18.8 Å². The Labute approximate surface area is 170 Å². The van der Waals surface area contributed by atoms with E-state index in [0.29, 0.717) is 6.42 Å². The second kappa shape index (κ2) is 7.99. The number of carbonyl (C=O) groups excluding carboxylic acids is 2. The number of benzene rings is 1. The lowest BCUT2D eigenvalue weighted by Crippen LogP contribution is -2.54. The molecule has 1 aliphatic heterocycles. The summed E-state index contributed by atoms with van der Waals surface area (Å²) in [6.45, 7) is 16.9. The summed E-state index contributed by atoms with van der Waals surface area (Å²) in [4.78, 5) is 26.9. The van der Waals surface area contributed by atoms with Gasteiger partial charge in [0.25, 0.3) is 0 Å². The van der Waals surface area contributed by atoms with Gasteiger partial charge in [-0.05, 0) is 44.0 Å². The maximum absolute atomic E-state index is 13.3. The number of carbonyl (C=O) groups is 2. The van der Waals surface area contributed by atoms with Gasteiger partial charge in [-0.15, -0.1) is 0 Å². The number of imide groups is 1. The fourth-order valence-corrected chi connectivity index (χ4v) is 4.97. The Bertz CT molecular complexity index is 709. The standard InChI is InChI=1S/C22H35NO4Si/c1-16(22(5,6)27-28(7,8)21(2,3)4)19(24)23-18(15-26-20(23)25)14-17-12-10-9-11-13-17/h9-13,16,18H,14-15H2,1-8H3. The first-order valence-electron chi connectivity index (χ1n) is 10.0. The molecule has 2 amide bonds. The molecule has 0 N–H and O–H groups in total. The average molecular weight is 406 g/mol. The highest BCUT2D eigenvalue weighted by Gasteiger charge is 2.48. The number of cyclic esters (lactones) is 1. The molecule has 2 atom stereocenters. The Kier molecular flexibility index (Phi) is 6.46. The van der Waals surface area contributed by atoms with Crippen LogP contribution in [0.4, 0.5) is 4.79 Å². The molecule has 1 heterocycles. The van der Waals surface area contributed by atoms with Crippen LogP contribution in [0.3, 0.4) is 0 Å². The molecule has 0 radical (unpaired) electrons. The van der Waals surface area contributed by atoms with Crippen molar-refractivity contribution in [3.8, 4) is 0 Å². The average Bonchev–Trinajstić information content (AvgIpc) is 2.93. The molecule has 6 heteroatoms. The van der Waals surface area contributed by atoms with Gasteiger partial charge >= 0.3 is 6.09 Å². The van der Waals surface area contributed by atoms with Gasteiger partial charge in [0.2, 0.25) is 5.91 Å². The Morgan fingerprint density at radius 2 is 1.79 bits per heavy atom. The normalized spacial score (nSPS) is 19.5. The Hall–Kier alpha value is -1.66. The van der Waals surface area contributed by atoms with E-state index in [0.717, 1.165) is 5.56 Å². The van der Waals surface area contributed by atoms with E-state index < -0.39 is 25.9 Å². The number of ether oxygens (including phenoxy) is 1. The van der Waals surface area contributed by atoms with Crippen LogP contribution in [0.5, 0.6) is 0 Å². The molecule has 156 valence electrons. The zero-order valence-electron chi connectivity index (χ0n) is 18.5. The summed E-state index contributed by atoms with van der Waals surface area (Å²) >= 11 is 0. The smallest absolute Gasteiger partial charge is 0.416 e. The Balaban J connectivity index is 2.18. The first kappa shape index (κ1) is 22.6. The molecule has 28 heavy (non-hydrogen) atoms. The van der Waals surface area contributed by atoms with E-state index in [-0.39, 0.29) is 23.6 Å². The van der Waals surface area contributed by atoms with Crippen molar-refractivity contribution >= 4 is 20.3 Å². The van der Waals surface area contributed by atoms with Gasteiger partial charge in [-0.3, -0.25) is 4.79 Å². The summed E-state index contributed by atoms with van der Waals surface area (Å²) in [5.74, 6) is -0.697. The van der Waals surface area contributed by atoms with E-state index >= 15 is 0 Å². The number of nitrogens with zero attached hydrogens (tertiary/aromatic N) is 1. The van der Waals surface area contributed by atoms with Crippen molar-refractivity contribution in [2.75, 3.05) is 6.61 Å². The van der Waals surface area contributed by atoms with E-state index in [9.17, 15) is 9.59 Å². The van der Waals surface area contributed by atoms with Crippen LogP contribution in [0, 0.1) is 5.92 Å². The van der Waals surface area contributed by atoms with Crippen molar-refractivity contribution in [3.05, 3.63) is 35.9 Å². The number of amides is 2. The van der Waals surface area contributed by atoms with Crippen molar-refractivity contribution in [3.63, 3.8) is 0 Å². The molecule has 1 fully saturated rings. The van der Waals surface area contributed by atoms with Gasteiger partial charge < -0.3 is 9.16 Å². The van der Waals surface area contributed by atoms with Crippen LogP contribution in [-0.2, 0) is 20.4 Å². The monoisotopic (exact) mass is 405 g/mol. The van der Waals surface area contributed by atoms with Gasteiger partial charge in [0, 0.05) is 0 Å². The highest BCUT2D eigenvalue weighted by molar-refractivity contribution is 6.74. The SMILES string of the molecule is CC(C(=O)N1C(=O)OCC1Cc1ccccc1)C(C)(C)O[Si](C)(C)C(C)(C)C. The molecule has 1 saturated heterocycles.